The highest BCUT2D eigenvalue weighted by Gasteiger charge is 2.36. The highest BCUT2D eigenvalue weighted by molar-refractivity contribution is 5.76. The monoisotopic (exact) mass is 250 g/mol. The Morgan fingerprint density at radius 1 is 1.50 bits per heavy atom. The third-order valence-electron chi connectivity index (χ3n) is 2.97. The second-order valence-corrected chi connectivity index (χ2v) is 4.14. The van der Waals surface area contributed by atoms with E-state index in [0.717, 1.165) is 11.3 Å². The lowest BCUT2D eigenvalue weighted by Crippen LogP contribution is -2.42. The molecule has 0 aromatic rings. The molecule has 1 aliphatic heterocycles. The maximum Gasteiger partial charge on any atom is 0.328 e. The maximum absolute atomic E-state index is 11.1. The number of hydrogen-bond acceptors (Lipinski definition) is 3. The van der Waals surface area contributed by atoms with Gasteiger partial charge in [-0.1, -0.05) is 39.0 Å². The number of nitrogens with one attached hydrogen (secondary N) is 1. The molecule has 2 aliphatic rings. The first-order chi connectivity index (χ1) is 8.63. The van der Waals surface area contributed by atoms with Gasteiger partial charge < -0.3 is 5.11 Å². The normalized spacial score (nSPS) is 25.4. The van der Waals surface area contributed by atoms with Gasteiger partial charge in [-0.15, -0.1) is 0 Å². The van der Waals surface area contributed by atoms with E-state index in [4.69, 9.17) is 5.11 Å². The number of rotatable bonds is 2. The van der Waals surface area contributed by atoms with Crippen molar-refractivity contribution in [2.45, 2.75) is 33.2 Å². The molecule has 100 valence electrons. The van der Waals surface area contributed by atoms with Crippen LogP contribution < -0.4 is 5.43 Å². The molecule has 4 nitrogen and oxygen atoms in total. The minimum Gasteiger partial charge on any atom is -0.480 e. The van der Waals surface area contributed by atoms with Crippen molar-refractivity contribution in [2.75, 3.05) is 7.05 Å². The SMILES string of the molecule is CC.CNN1C2=CC=CC(C)C=C2CC1C(=O)O. The van der Waals surface area contributed by atoms with Crippen molar-refractivity contribution in [1.82, 2.24) is 10.4 Å². The first kappa shape index (κ1) is 14.5. The van der Waals surface area contributed by atoms with Crippen LogP contribution in [0.2, 0.25) is 0 Å². The average molecular weight is 250 g/mol. The predicted molar refractivity (Wildman–Crippen MR) is 72.8 cm³/mol. The van der Waals surface area contributed by atoms with Gasteiger partial charge in [-0.05, 0) is 17.6 Å². The lowest BCUT2D eigenvalue weighted by Gasteiger charge is -2.22. The highest BCUT2D eigenvalue weighted by Crippen LogP contribution is 2.33. The van der Waals surface area contributed by atoms with Gasteiger partial charge in [0.05, 0.1) is 5.70 Å². The summed E-state index contributed by atoms with van der Waals surface area (Å²) in [4.78, 5) is 11.1. The number of carboxylic acid groups (broad SMARTS) is 1. The summed E-state index contributed by atoms with van der Waals surface area (Å²) in [5, 5.41) is 10.9. The van der Waals surface area contributed by atoms with E-state index in [2.05, 4.69) is 24.5 Å². The van der Waals surface area contributed by atoms with Crippen LogP contribution in [0.5, 0.6) is 0 Å². The molecule has 2 unspecified atom stereocenters. The van der Waals surface area contributed by atoms with E-state index in [1.165, 1.54) is 0 Å². The number of fused-ring (bicyclic) bond motifs is 1. The van der Waals surface area contributed by atoms with E-state index in [1.54, 1.807) is 12.1 Å². The van der Waals surface area contributed by atoms with E-state index in [0.29, 0.717) is 12.3 Å². The molecule has 0 spiro atoms. The number of nitrogens with zero attached hydrogens (tertiary/aromatic N) is 1. The van der Waals surface area contributed by atoms with Crippen LogP contribution in [-0.4, -0.2) is 29.2 Å². The molecule has 2 atom stereocenters. The van der Waals surface area contributed by atoms with Crippen LogP contribution >= 0.6 is 0 Å². The van der Waals surface area contributed by atoms with Gasteiger partial charge in [0.15, 0.2) is 0 Å². The van der Waals surface area contributed by atoms with Crippen LogP contribution in [0.1, 0.15) is 27.2 Å². The summed E-state index contributed by atoms with van der Waals surface area (Å²) in [7, 11) is 1.75. The van der Waals surface area contributed by atoms with Crippen molar-refractivity contribution in [3.63, 3.8) is 0 Å². The standard InChI is InChI=1S/C12H16N2O2.C2H6/c1-8-4-3-5-10-9(6-8)7-11(12(15)16)14(10)13-2;1-2/h3-6,8,11,13H,7H2,1-2H3,(H,15,16);1-2H3. The summed E-state index contributed by atoms with van der Waals surface area (Å²) < 4.78 is 0. The number of hydrogen-bond donors (Lipinski definition) is 2. The summed E-state index contributed by atoms with van der Waals surface area (Å²) in [5.74, 6) is -0.434. The molecule has 2 rings (SSSR count). The second-order valence-electron chi connectivity index (χ2n) is 4.14. The number of carboxylic acids is 1. The zero-order chi connectivity index (χ0) is 13.7. The van der Waals surface area contributed by atoms with Gasteiger partial charge in [0.1, 0.15) is 6.04 Å². The molecule has 1 saturated heterocycles. The molecule has 0 saturated carbocycles. The summed E-state index contributed by atoms with van der Waals surface area (Å²) in [6, 6.07) is -0.499. The summed E-state index contributed by atoms with van der Waals surface area (Å²) in [6.45, 7) is 6.10. The van der Waals surface area contributed by atoms with Crippen LogP contribution in [0.3, 0.4) is 0 Å². The number of carbonyl (C=O) groups is 1. The van der Waals surface area contributed by atoms with Crippen molar-refractivity contribution >= 4 is 5.97 Å². The van der Waals surface area contributed by atoms with Crippen molar-refractivity contribution in [2.24, 2.45) is 5.92 Å². The Bertz CT molecular complexity index is 397. The minimum absolute atomic E-state index is 0.356. The van der Waals surface area contributed by atoms with E-state index < -0.39 is 12.0 Å². The first-order valence-corrected chi connectivity index (χ1v) is 6.42. The Labute approximate surface area is 109 Å². The Morgan fingerprint density at radius 2 is 2.17 bits per heavy atom. The molecule has 0 aromatic heterocycles. The molecule has 1 fully saturated rings. The van der Waals surface area contributed by atoms with Crippen molar-refractivity contribution in [1.29, 1.82) is 0 Å². The Hall–Kier alpha value is -1.55. The topological polar surface area (TPSA) is 52.6 Å². The molecule has 18 heavy (non-hydrogen) atoms. The molecular weight excluding hydrogens is 228 g/mol. The zero-order valence-electron chi connectivity index (χ0n) is 11.5. The van der Waals surface area contributed by atoms with Crippen molar-refractivity contribution in [3.05, 3.63) is 35.6 Å². The van der Waals surface area contributed by atoms with Crippen LogP contribution in [0.25, 0.3) is 0 Å². The summed E-state index contributed by atoms with van der Waals surface area (Å²) in [6.07, 6.45) is 8.74. The van der Waals surface area contributed by atoms with E-state index >= 15 is 0 Å². The van der Waals surface area contributed by atoms with Crippen LogP contribution in [0.15, 0.2) is 35.6 Å². The quantitative estimate of drug-likeness (QED) is 0.789. The predicted octanol–water partition coefficient (Wildman–Crippen LogP) is 2.32. The fourth-order valence-electron chi connectivity index (χ4n) is 2.24. The largest absolute Gasteiger partial charge is 0.480 e. The molecule has 1 heterocycles. The minimum atomic E-state index is -0.791. The number of allylic oxidation sites excluding steroid dienone is 5. The maximum atomic E-state index is 11.1. The molecule has 0 aromatic carbocycles. The van der Waals surface area contributed by atoms with Crippen LogP contribution in [0, 0.1) is 5.92 Å². The Kier molecular flexibility index (Phi) is 5.16. The highest BCUT2D eigenvalue weighted by atomic mass is 16.4. The van der Waals surface area contributed by atoms with Crippen molar-refractivity contribution < 1.29 is 9.90 Å². The van der Waals surface area contributed by atoms with Gasteiger partial charge >= 0.3 is 5.97 Å². The Balaban J connectivity index is 0.000000771. The van der Waals surface area contributed by atoms with E-state index in [-0.39, 0.29) is 0 Å². The molecule has 1 aliphatic carbocycles. The molecule has 0 amide bonds. The van der Waals surface area contributed by atoms with Gasteiger partial charge in [0.25, 0.3) is 0 Å². The van der Waals surface area contributed by atoms with Gasteiger partial charge in [-0.25, -0.2) is 10.2 Å². The lowest BCUT2D eigenvalue weighted by molar-refractivity contribution is -0.142. The van der Waals surface area contributed by atoms with Crippen LogP contribution in [-0.2, 0) is 4.79 Å². The van der Waals surface area contributed by atoms with Gasteiger partial charge in [0, 0.05) is 13.5 Å². The number of aliphatic carboxylic acids is 1. The summed E-state index contributed by atoms with van der Waals surface area (Å²) in [5.41, 5.74) is 5.03. The summed E-state index contributed by atoms with van der Waals surface area (Å²) >= 11 is 0. The smallest absolute Gasteiger partial charge is 0.328 e. The van der Waals surface area contributed by atoms with E-state index in [1.807, 2.05) is 26.0 Å². The average Bonchev–Trinajstić information content (AvgIpc) is 2.60. The fraction of sp³-hybridized carbons (Fsp3) is 0.500. The third kappa shape index (κ3) is 2.82. The fourth-order valence-corrected chi connectivity index (χ4v) is 2.24. The Morgan fingerprint density at radius 3 is 2.72 bits per heavy atom. The first-order valence-electron chi connectivity index (χ1n) is 6.42. The molecular formula is C14H22N2O2. The molecule has 0 radical (unpaired) electrons. The molecule has 4 heteroatoms. The van der Waals surface area contributed by atoms with Gasteiger partial charge in [0.2, 0.25) is 0 Å². The lowest BCUT2D eigenvalue weighted by atomic mass is 10.1. The number of hydrazine groups is 1. The second kappa shape index (κ2) is 6.40. The third-order valence-corrected chi connectivity index (χ3v) is 2.97. The zero-order valence-corrected chi connectivity index (χ0v) is 11.5. The van der Waals surface area contributed by atoms with Crippen molar-refractivity contribution in [3.8, 4) is 0 Å². The molecule has 0 bridgehead atoms. The van der Waals surface area contributed by atoms with E-state index in [9.17, 15) is 4.79 Å². The van der Waals surface area contributed by atoms with Gasteiger partial charge in [-0.3, -0.25) is 5.01 Å². The van der Waals surface area contributed by atoms with Crippen LogP contribution in [0.4, 0.5) is 0 Å². The molecule has 2 N–H and O–H groups in total. The van der Waals surface area contributed by atoms with Gasteiger partial charge in [-0.2, -0.15) is 0 Å².